The zero-order valence-electron chi connectivity index (χ0n) is 13.2. The molecule has 0 unspecified atom stereocenters. The molecule has 24 heavy (non-hydrogen) atoms. The smallest absolute Gasteiger partial charge is 0.226 e. The van der Waals surface area contributed by atoms with Gasteiger partial charge in [-0.15, -0.1) is 0 Å². The van der Waals surface area contributed by atoms with Crippen LogP contribution in [0.1, 0.15) is 29.0 Å². The van der Waals surface area contributed by atoms with Crippen molar-refractivity contribution in [2.45, 2.75) is 25.3 Å². The summed E-state index contributed by atoms with van der Waals surface area (Å²) in [6.45, 7) is 0.599. The number of nitrogens with one attached hydrogen (secondary N) is 1. The molecule has 5 nitrogen and oxygen atoms in total. The van der Waals surface area contributed by atoms with E-state index in [1.807, 2.05) is 47.4 Å². The van der Waals surface area contributed by atoms with Crippen molar-refractivity contribution in [2.24, 2.45) is 0 Å². The molecule has 0 aliphatic carbocycles. The van der Waals surface area contributed by atoms with Crippen LogP contribution in [0, 0.1) is 0 Å². The van der Waals surface area contributed by atoms with E-state index in [9.17, 15) is 4.79 Å². The van der Waals surface area contributed by atoms with Gasteiger partial charge in [-0.2, -0.15) is 5.10 Å². The quantitative estimate of drug-likeness (QED) is 0.804. The minimum absolute atomic E-state index is 0.0522. The lowest BCUT2D eigenvalue weighted by Crippen LogP contribution is -2.25. The molecule has 3 heterocycles. The Kier molecular flexibility index (Phi) is 3.83. The van der Waals surface area contributed by atoms with Gasteiger partial charge in [-0.3, -0.25) is 9.78 Å². The first-order valence-electron chi connectivity index (χ1n) is 8.08. The van der Waals surface area contributed by atoms with Gasteiger partial charge in [0, 0.05) is 30.3 Å². The number of pyridine rings is 1. The molecule has 120 valence electrons. The highest BCUT2D eigenvalue weighted by molar-refractivity contribution is 5.93. The highest BCUT2D eigenvalue weighted by Crippen LogP contribution is 2.34. The molecular formula is C19H18N4O. The van der Waals surface area contributed by atoms with Crippen LogP contribution in [0.15, 0.2) is 61.1 Å². The molecule has 0 radical (unpaired) electrons. The molecule has 1 amide bonds. The van der Waals surface area contributed by atoms with E-state index in [1.165, 1.54) is 5.56 Å². The lowest BCUT2D eigenvalue weighted by atomic mass is 9.88. The first kappa shape index (κ1) is 14.6. The van der Waals surface area contributed by atoms with E-state index in [4.69, 9.17) is 0 Å². The predicted octanol–water partition coefficient (Wildman–Crippen LogP) is 2.99. The molecule has 1 aliphatic heterocycles. The standard InChI is InChI=1S/C19H18N4O/c24-18-10-16(9-14-5-2-1-3-6-14)17-12-21-23(19(17)22-18)13-15-7-4-8-20-11-15/h1-8,11-12,16H,9-10,13H2,(H,22,24)/t16-/m0/s1. The molecule has 1 aromatic carbocycles. The summed E-state index contributed by atoms with van der Waals surface area (Å²) in [5, 5.41) is 7.48. The number of amides is 1. The Morgan fingerprint density at radius 3 is 2.71 bits per heavy atom. The fourth-order valence-electron chi connectivity index (χ4n) is 3.22. The van der Waals surface area contributed by atoms with Crippen molar-refractivity contribution in [1.29, 1.82) is 0 Å². The molecule has 1 aliphatic rings. The minimum Gasteiger partial charge on any atom is -0.311 e. The van der Waals surface area contributed by atoms with Gasteiger partial charge in [-0.05, 0) is 23.6 Å². The van der Waals surface area contributed by atoms with Crippen LogP contribution in [0.4, 0.5) is 5.82 Å². The summed E-state index contributed by atoms with van der Waals surface area (Å²) in [5.74, 6) is 1.03. The van der Waals surface area contributed by atoms with E-state index in [0.717, 1.165) is 23.4 Å². The summed E-state index contributed by atoms with van der Waals surface area (Å²) in [6.07, 6.45) is 6.80. The van der Waals surface area contributed by atoms with Crippen molar-refractivity contribution in [3.63, 3.8) is 0 Å². The van der Waals surface area contributed by atoms with Gasteiger partial charge in [0.1, 0.15) is 5.82 Å². The Hall–Kier alpha value is -2.95. The summed E-state index contributed by atoms with van der Waals surface area (Å²) in [6, 6.07) is 14.2. The van der Waals surface area contributed by atoms with E-state index >= 15 is 0 Å². The largest absolute Gasteiger partial charge is 0.311 e. The molecule has 2 aromatic heterocycles. The molecule has 0 bridgehead atoms. The van der Waals surface area contributed by atoms with Crippen LogP contribution in [0.2, 0.25) is 0 Å². The zero-order valence-corrected chi connectivity index (χ0v) is 13.2. The van der Waals surface area contributed by atoms with Crippen molar-refractivity contribution in [2.75, 3.05) is 5.32 Å². The van der Waals surface area contributed by atoms with E-state index < -0.39 is 0 Å². The van der Waals surface area contributed by atoms with Gasteiger partial charge in [-0.1, -0.05) is 36.4 Å². The molecule has 0 saturated carbocycles. The zero-order chi connectivity index (χ0) is 16.4. The van der Waals surface area contributed by atoms with Gasteiger partial charge >= 0.3 is 0 Å². The van der Waals surface area contributed by atoms with E-state index in [2.05, 4.69) is 27.5 Å². The average Bonchev–Trinajstić information content (AvgIpc) is 3.00. The maximum atomic E-state index is 12.2. The third-order valence-corrected chi connectivity index (χ3v) is 4.38. The first-order chi connectivity index (χ1) is 11.8. The normalized spacial score (nSPS) is 16.5. The van der Waals surface area contributed by atoms with Crippen molar-refractivity contribution in [3.05, 3.63) is 77.7 Å². The third kappa shape index (κ3) is 2.93. The van der Waals surface area contributed by atoms with Crippen LogP contribution in [0.25, 0.3) is 0 Å². The van der Waals surface area contributed by atoms with E-state index in [0.29, 0.717) is 13.0 Å². The molecule has 0 fully saturated rings. The number of aromatic nitrogens is 3. The summed E-state index contributed by atoms with van der Waals surface area (Å²) in [7, 11) is 0. The topological polar surface area (TPSA) is 59.8 Å². The summed E-state index contributed by atoms with van der Waals surface area (Å²) in [5.41, 5.74) is 3.41. The van der Waals surface area contributed by atoms with Crippen molar-refractivity contribution in [1.82, 2.24) is 14.8 Å². The summed E-state index contributed by atoms with van der Waals surface area (Å²) >= 11 is 0. The van der Waals surface area contributed by atoms with Crippen LogP contribution in [-0.2, 0) is 17.8 Å². The van der Waals surface area contributed by atoms with Gasteiger partial charge in [0.15, 0.2) is 0 Å². The number of carbonyl (C=O) groups excluding carboxylic acids is 1. The Morgan fingerprint density at radius 2 is 1.92 bits per heavy atom. The summed E-state index contributed by atoms with van der Waals surface area (Å²) < 4.78 is 1.85. The monoisotopic (exact) mass is 318 g/mol. The number of carbonyl (C=O) groups is 1. The Balaban J connectivity index is 1.62. The van der Waals surface area contributed by atoms with E-state index in [1.54, 1.807) is 6.20 Å². The molecule has 3 aromatic rings. The van der Waals surface area contributed by atoms with Gasteiger partial charge < -0.3 is 5.32 Å². The number of rotatable bonds is 4. The SMILES string of the molecule is O=C1C[C@H](Cc2ccccc2)c2cnn(Cc3cccnc3)c2N1. The van der Waals surface area contributed by atoms with Crippen LogP contribution in [0.5, 0.6) is 0 Å². The Bertz CT molecular complexity index is 842. The van der Waals surface area contributed by atoms with Gasteiger partial charge in [-0.25, -0.2) is 4.68 Å². The minimum atomic E-state index is 0.0522. The Labute approximate surface area is 140 Å². The highest BCUT2D eigenvalue weighted by Gasteiger charge is 2.28. The number of fused-ring (bicyclic) bond motifs is 1. The molecule has 0 saturated heterocycles. The van der Waals surface area contributed by atoms with Crippen molar-refractivity contribution >= 4 is 11.7 Å². The van der Waals surface area contributed by atoms with Crippen molar-refractivity contribution in [3.8, 4) is 0 Å². The number of hydrogen-bond donors (Lipinski definition) is 1. The lowest BCUT2D eigenvalue weighted by molar-refractivity contribution is -0.116. The number of anilines is 1. The van der Waals surface area contributed by atoms with Crippen LogP contribution >= 0.6 is 0 Å². The number of hydrogen-bond acceptors (Lipinski definition) is 3. The van der Waals surface area contributed by atoms with Gasteiger partial charge in [0.25, 0.3) is 0 Å². The second-order valence-electron chi connectivity index (χ2n) is 6.11. The van der Waals surface area contributed by atoms with Gasteiger partial charge in [0.2, 0.25) is 5.91 Å². The second-order valence-corrected chi connectivity index (χ2v) is 6.11. The lowest BCUT2D eigenvalue weighted by Gasteiger charge is -2.23. The van der Waals surface area contributed by atoms with Crippen LogP contribution in [0.3, 0.4) is 0 Å². The first-order valence-corrected chi connectivity index (χ1v) is 8.08. The maximum Gasteiger partial charge on any atom is 0.226 e. The number of nitrogens with zero attached hydrogens (tertiary/aromatic N) is 3. The average molecular weight is 318 g/mol. The fraction of sp³-hybridized carbons (Fsp3) is 0.211. The van der Waals surface area contributed by atoms with Crippen LogP contribution in [-0.4, -0.2) is 20.7 Å². The fourth-order valence-corrected chi connectivity index (χ4v) is 3.22. The Morgan fingerprint density at radius 1 is 1.08 bits per heavy atom. The highest BCUT2D eigenvalue weighted by atomic mass is 16.1. The number of benzene rings is 1. The van der Waals surface area contributed by atoms with Gasteiger partial charge in [0.05, 0.1) is 12.7 Å². The molecule has 1 N–H and O–H groups in total. The van der Waals surface area contributed by atoms with Crippen LogP contribution < -0.4 is 5.32 Å². The summed E-state index contributed by atoms with van der Waals surface area (Å²) in [4.78, 5) is 16.3. The molecule has 5 heteroatoms. The molecule has 1 atom stereocenters. The molecular weight excluding hydrogens is 300 g/mol. The second kappa shape index (κ2) is 6.28. The van der Waals surface area contributed by atoms with Crippen molar-refractivity contribution < 1.29 is 4.79 Å². The molecule has 0 spiro atoms. The predicted molar refractivity (Wildman–Crippen MR) is 91.7 cm³/mol. The third-order valence-electron chi connectivity index (χ3n) is 4.38. The maximum absolute atomic E-state index is 12.2. The van der Waals surface area contributed by atoms with E-state index in [-0.39, 0.29) is 11.8 Å². The molecule has 4 rings (SSSR count).